The minimum Gasteiger partial charge on any atom is -0.445 e. The largest absolute Gasteiger partial charge is 0.445 e. The average molecular weight is 373 g/mol. The number of amides is 3. The molecular weight excluding hydrogens is 346 g/mol. The van der Waals surface area contributed by atoms with Crippen LogP contribution in [-0.2, 0) is 20.9 Å². The molecule has 0 radical (unpaired) electrons. The summed E-state index contributed by atoms with van der Waals surface area (Å²) >= 11 is 0. The first kappa shape index (κ1) is 19.2. The molecule has 0 spiro atoms. The third kappa shape index (κ3) is 5.21. The molecule has 1 aromatic rings. The van der Waals surface area contributed by atoms with Gasteiger partial charge in [-0.15, -0.1) is 0 Å². The molecule has 0 saturated carbocycles. The molecule has 0 bridgehead atoms. The normalized spacial score (nSPS) is 19.2. The zero-order chi connectivity index (χ0) is 19.1. The van der Waals surface area contributed by atoms with Crippen LogP contribution in [0.1, 0.15) is 37.7 Å². The molecule has 2 saturated heterocycles. The van der Waals surface area contributed by atoms with Gasteiger partial charge in [-0.25, -0.2) is 4.79 Å². The van der Waals surface area contributed by atoms with Crippen LogP contribution in [0.4, 0.5) is 4.79 Å². The van der Waals surface area contributed by atoms with E-state index in [9.17, 15) is 14.4 Å². The van der Waals surface area contributed by atoms with E-state index in [0.29, 0.717) is 6.54 Å². The Balaban J connectivity index is 1.39. The van der Waals surface area contributed by atoms with E-state index in [1.807, 2.05) is 35.2 Å². The highest BCUT2D eigenvalue weighted by atomic mass is 16.5. The van der Waals surface area contributed by atoms with E-state index in [-0.39, 0.29) is 37.4 Å². The lowest BCUT2D eigenvalue weighted by atomic mass is 10.2. The summed E-state index contributed by atoms with van der Waals surface area (Å²) in [7, 11) is 0. The SMILES string of the molecule is O=C(NCCC(=O)N1CCC[C@H]1C(=O)N1CCCC1)OCc1ccccc1. The lowest BCUT2D eigenvalue weighted by Crippen LogP contribution is -2.47. The molecule has 3 rings (SSSR count). The monoisotopic (exact) mass is 373 g/mol. The number of benzene rings is 1. The zero-order valence-corrected chi connectivity index (χ0v) is 15.6. The van der Waals surface area contributed by atoms with Gasteiger partial charge in [0, 0.05) is 32.6 Å². The summed E-state index contributed by atoms with van der Waals surface area (Å²) < 4.78 is 5.13. The van der Waals surface area contributed by atoms with Crippen LogP contribution in [0.2, 0.25) is 0 Å². The predicted octanol–water partition coefficient (Wildman–Crippen LogP) is 1.92. The summed E-state index contributed by atoms with van der Waals surface area (Å²) in [6.45, 7) is 2.60. The fourth-order valence-electron chi connectivity index (χ4n) is 3.66. The minimum atomic E-state index is -0.544. The second-order valence-electron chi connectivity index (χ2n) is 7.02. The number of hydrogen-bond acceptors (Lipinski definition) is 4. The summed E-state index contributed by atoms with van der Waals surface area (Å²) in [4.78, 5) is 40.4. The van der Waals surface area contributed by atoms with E-state index in [1.165, 1.54) is 0 Å². The maximum atomic E-state index is 12.6. The van der Waals surface area contributed by atoms with Crippen LogP contribution in [0.15, 0.2) is 30.3 Å². The van der Waals surface area contributed by atoms with Crippen molar-refractivity contribution in [2.75, 3.05) is 26.2 Å². The standard InChI is InChI=1S/C20H27N3O4/c24-18(10-11-21-20(26)27-15-16-7-2-1-3-8-16)23-14-6-9-17(23)19(25)22-12-4-5-13-22/h1-3,7-8,17H,4-6,9-15H2,(H,21,26)/t17-/m0/s1. The Morgan fingerprint density at radius 3 is 2.52 bits per heavy atom. The van der Waals surface area contributed by atoms with Crippen molar-refractivity contribution in [2.45, 2.75) is 44.8 Å². The third-order valence-electron chi connectivity index (χ3n) is 5.10. The van der Waals surface area contributed by atoms with Crippen LogP contribution in [0.5, 0.6) is 0 Å². The Hall–Kier alpha value is -2.57. The number of carbonyl (C=O) groups excluding carboxylic acids is 3. The molecular formula is C20H27N3O4. The number of nitrogens with zero attached hydrogens (tertiary/aromatic N) is 2. The first-order chi connectivity index (χ1) is 13.1. The molecule has 7 heteroatoms. The van der Waals surface area contributed by atoms with Crippen LogP contribution in [0, 0.1) is 0 Å². The highest BCUT2D eigenvalue weighted by Crippen LogP contribution is 2.22. The van der Waals surface area contributed by atoms with Gasteiger partial charge in [0.2, 0.25) is 11.8 Å². The molecule has 146 valence electrons. The lowest BCUT2D eigenvalue weighted by molar-refractivity contribution is -0.143. The number of hydrogen-bond donors (Lipinski definition) is 1. The fourth-order valence-corrected chi connectivity index (χ4v) is 3.66. The molecule has 2 heterocycles. The second-order valence-corrected chi connectivity index (χ2v) is 7.02. The Bertz CT molecular complexity index is 658. The van der Waals surface area contributed by atoms with E-state index >= 15 is 0 Å². The van der Waals surface area contributed by atoms with Gasteiger partial charge in [-0.3, -0.25) is 9.59 Å². The van der Waals surface area contributed by atoms with Crippen LogP contribution in [0.3, 0.4) is 0 Å². The number of ether oxygens (including phenoxy) is 1. The van der Waals surface area contributed by atoms with Gasteiger partial charge in [-0.1, -0.05) is 30.3 Å². The van der Waals surface area contributed by atoms with Crippen molar-refractivity contribution < 1.29 is 19.1 Å². The van der Waals surface area contributed by atoms with Crippen molar-refractivity contribution in [1.82, 2.24) is 15.1 Å². The van der Waals surface area contributed by atoms with Gasteiger partial charge in [0.15, 0.2) is 0 Å². The van der Waals surface area contributed by atoms with Crippen molar-refractivity contribution in [2.24, 2.45) is 0 Å². The molecule has 1 aromatic carbocycles. The Kier molecular flexibility index (Phi) is 6.68. The summed E-state index contributed by atoms with van der Waals surface area (Å²) in [6.07, 6.45) is 3.29. The molecule has 2 aliphatic heterocycles. The van der Waals surface area contributed by atoms with E-state index < -0.39 is 6.09 Å². The van der Waals surface area contributed by atoms with Gasteiger partial charge in [0.05, 0.1) is 0 Å². The highest BCUT2D eigenvalue weighted by molar-refractivity contribution is 5.88. The van der Waals surface area contributed by atoms with Crippen molar-refractivity contribution in [3.05, 3.63) is 35.9 Å². The van der Waals surface area contributed by atoms with Gasteiger partial charge in [-0.2, -0.15) is 0 Å². The first-order valence-corrected chi connectivity index (χ1v) is 9.68. The van der Waals surface area contributed by atoms with E-state index in [2.05, 4.69) is 5.32 Å². The molecule has 0 aliphatic carbocycles. The third-order valence-corrected chi connectivity index (χ3v) is 5.10. The van der Waals surface area contributed by atoms with Gasteiger partial charge >= 0.3 is 6.09 Å². The molecule has 0 aromatic heterocycles. The number of likely N-dealkylation sites (tertiary alicyclic amines) is 2. The van der Waals surface area contributed by atoms with E-state index in [4.69, 9.17) is 4.74 Å². The Labute approximate surface area is 159 Å². The van der Waals surface area contributed by atoms with Gasteiger partial charge in [0.25, 0.3) is 0 Å². The number of rotatable bonds is 6. The molecule has 3 amide bonds. The molecule has 2 aliphatic rings. The molecule has 7 nitrogen and oxygen atoms in total. The number of nitrogens with one attached hydrogen (secondary N) is 1. The summed E-state index contributed by atoms with van der Waals surface area (Å²) in [5.41, 5.74) is 0.907. The first-order valence-electron chi connectivity index (χ1n) is 9.68. The smallest absolute Gasteiger partial charge is 0.407 e. The van der Waals surface area contributed by atoms with Crippen molar-refractivity contribution in [3.63, 3.8) is 0 Å². The number of alkyl carbamates (subject to hydrolysis) is 1. The van der Waals surface area contributed by atoms with E-state index in [0.717, 1.165) is 44.3 Å². The molecule has 0 unspecified atom stereocenters. The van der Waals surface area contributed by atoms with Crippen LogP contribution < -0.4 is 5.32 Å². The molecule has 2 fully saturated rings. The van der Waals surface area contributed by atoms with Crippen molar-refractivity contribution in [3.8, 4) is 0 Å². The summed E-state index contributed by atoms with van der Waals surface area (Å²) in [5.74, 6) is -0.0120. The van der Waals surface area contributed by atoms with Crippen molar-refractivity contribution in [1.29, 1.82) is 0 Å². The van der Waals surface area contributed by atoms with Crippen LogP contribution in [-0.4, -0.2) is 59.9 Å². The molecule has 1 N–H and O–H groups in total. The van der Waals surface area contributed by atoms with Gasteiger partial charge in [0.1, 0.15) is 12.6 Å². The Morgan fingerprint density at radius 1 is 1.04 bits per heavy atom. The van der Waals surface area contributed by atoms with Gasteiger partial charge in [-0.05, 0) is 31.2 Å². The topological polar surface area (TPSA) is 79.0 Å². The second kappa shape index (κ2) is 9.39. The highest BCUT2D eigenvalue weighted by Gasteiger charge is 2.36. The van der Waals surface area contributed by atoms with Crippen LogP contribution >= 0.6 is 0 Å². The maximum absolute atomic E-state index is 12.6. The summed E-state index contributed by atoms with van der Waals surface area (Å²) in [5, 5.41) is 2.60. The summed E-state index contributed by atoms with van der Waals surface area (Å²) in [6, 6.07) is 9.08. The fraction of sp³-hybridized carbons (Fsp3) is 0.550. The molecule has 1 atom stereocenters. The average Bonchev–Trinajstić information content (AvgIpc) is 3.38. The zero-order valence-electron chi connectivity index (χ0n) is 15.6. The molecule has 27 heavy (non-hydrogen) atoms. The number of carbonyl (C=O) groups is 3. The quantitative estimate of drug-likeness (QED) is 0.826. The maximum Gasteiger partial charge on any atom is 0.407 e. The van der Waals surface area contributed by atoms with Crippen molar-refractivity contribution >= 4 is 17.9 Å². The Morgan fingerprint density at radius 2 is 1.78 bits per heavy atom. The predicted molar refractivity (Wildman–Crippen MR) is 99.8 cm³/mol. The minimum absolute atomic E-state index is 0.0774. The lowest BCUT2D eigenvalue weighted by Gasteiger charge is -2.27. The van der Waals surface area contributed by atoms with Gasteiger partial charge < -0.3 is 19.9 Å². The van der Waals surface area contributed by atoms with E-state index in [1.54, 1.807) is 4.90 Å². The van der Waals surface area contributed by atoms with Crippen LogP contribution in [0.25, 0.3) is 0 Å².